The maximum Gasteiger partial charge on any atom is 0.326 e. The number of urea groups is 1. The van der Waals surface area contributed by atoms with Crippen LogP contribution in [0.4, 0.5) is 4.79 Å². The van der Waals surface area contributed by atoms with Gasteiger partial charge in [0.25, 0.3) is 5.91 Å². The van der Waals surface area contributed by atoms with Gasteiger partial charge in [0.15, 0.2) is 12.4 Å². The van der Waals surface area contributed by atoms with Gasteiger partial charge in [0.05, 0.1) is 6.20 Å². The Morgan fingerprint density at radius 1 is 1.31 bits per heavy atom. The predicted molar refractivity (Wildman–Crippen MR) is 90.7 cm³/mol. The number of ether oxygens (including phenoxy) is 1. The lowest BCUT2D eigenvalue weighted by Crippen LogP contribution is -2.43. The smallest absolute Gasteiger partial charge is 0.326 e. The molecule has 1 aromatic carbocycles. The molecule has 3 amide bonds. The highest BCUT2D eigenvalue weighted by molar-refractivity contribution is 6.08. The molecule has 1 aliphatic heterocycles. The number of esters is 1. The summed E-state index contributed by atoms with van der Waals surface area (Å²) in [4.78, 5) is 41.0. The highest BCUT2D eigenvalue weighted by atomic mass is 16.5. The van der Waals surface area contributed by atoms with Crippen molar-refractivity contribution in [1.82, 2.24) is 15.2 Å². The first kappa shape index (κ1) is 17.7. The van der Waals surface area contributed by atoms with Crippen LogP contribution < -0.4 is 5.32 Å². The van der Waals surface area contributed by atoms with E-state index >= 15 is 0 Å². The van der Waals surface area contributed by atoms with Gasteiger partial charge in [-0.05, 0) is 13.3 Å². The third-order valence-corrected chi connectivity index (χ3v) is 4.31. The van der Waals surface area contributed by atoms with Gasteiger partial charge in [0.2, 0.25) is 5.89 Å². The van der Waals surface area contributed by atoms with E-state index in [1.165, 1.54) is 0 Å². The second-order valence-electron chi connectivity index (χ2n) is 6.15. The molecule has 1 fully saturated rings. The molecule has 3 rings (SSSR count). The maximum atomic E-state index is 12.2. The van der Waals surface area contributed by atoms with Crippen molar-refractivity contribution in [3.05, 3.63) is 42.4 Å². The van der Waals surface area contributed by atoms with Crippen molar-refractivity contribution >= 4 is 17.9 Å². The molecule has 2 heterocycles. The summed E-state index contributed by atoms with van der Waals surface area (Å²) in [6.45, 7) is 2.77. The fourth-order valence-electron chi connectivity index (χ4n) is 2.56. The zero-order chi connectivity index (χ0) is 18.7. The number of nitrogens with zero attached hydrogens (tertiary/aromatic N) is 2. The van der Waals surface area contributed by atoms with Crippen LogP contribution in [0, 0.1) is 0 Å². The number of benzene rings is 1. The molecule has 26 heavy (non-hydrogen) atoms. The molecule has 0 saturated carbocycles. The molecule has 1 N–H and O–H groups in total. The molecule has 136 valence electrons. The van der Waals surface area contributed by atoms with Crippen molar-refractivity contribution in [2.24, 2.45) is 0 Å². The lowest BCUT2D eigenvalue weighted by Gasteiger charge is -2.18. The van der Waals surface area contributed by atoms with E-state index in [1.54, 1.807) is 20.0 Å². The number of carbonyl (C=O) groups excluding carboxylic acids is 3. The predicted octanol–water partition coefficient (Wildman–Crippen LogP) is 2.11. The Balaban J connectivity index is 1.56. The minimum Gasteiger partial charge on any atom is -0.454 e. The Labute approximate surface area is 150 Å². The number of hydrogen-bond acceptors (Lipinski definition) is 6. The molecule has 0 spiro atoms. The Kier molecular flexibility index (Phi) is 4.75. The van der Waals surface area contributed by atoms with Gasteiger partial charge in [0.1, 0.15) is 12.1 Å². The van der Waals surface area contributed by atoms with Crippen LogP contribution in [0.1, 0.15) is 26.2 Å². The summed E-state index contributed by atoms with van der Waals surface area (Å²) in [5.41, 5.74) is -0.124. The number of aromatic nitrogens is 1. The van der Waals surface area contributed by atoms with E-state index in [9.17, 15) is 14.4 Å². The third kappa shape index (κ3) is 3.44. The van der Waals surface area contributed by atoms with Crippen molar-refractivity contribution in [2.45, 2.75) is 32.4 Å². The highest BCUT2D eigenvalue weighted by Crippen LogP contribution is 2.21. The first-order valence-corrected chi connectivity index (χ1v) is 8.23. The summed E-state index contributed by atoms with van der Waals surface area (Å²) in [6.07, 6.45) is 1.98. The molecule has 8 nitrogen and oxygen atoms in total. The lowest BCUT2D eigenvalue weighted by atomic mass is 9.99. The topological polar surface area (TPSA) is 102 Å². The van der Waals surface area contributed by atoms with Crippen LogP contribution in [0.15, 0.2) is 40.9 Å². The van der Waals surface area contributed by atoms with Gasteiger partial charge in [-0.15, -0.1) is 0 Å². The zero-order valence-corrected chi connectivity index (χ0v) is 14.5. The standard InChI is InChI=1S/C18H19N3O5/c1-3-18(2)16(23)21(17(24)20-18)10-15(22)25-11-14-19-9-13(26-14)12-7-5-4-6-8-12/h4-9H,3,10-11H2,1-2H3,(H,20,24)/t18-/m1/s1. The number of amides is 3. The first-order valence-electron chi connectivity index (χ1n) is 8.23. The Morgan fingerprint density at radius 2 is 2.04 bits per heavy atom. The van der Waals surface area contributed by atoms with E-state index < -0.39 is 30.0 Å². The molecule has 0 bridgehead atoms. The van der Waals surface area contributed by atoms with Crippen molar-refractivity contribution < 1.29 is 23.5 Å². The largest absolute Gasteiger partial charge is 0.454 e. The fourth-order valence-corrected chi connectivity index (χ4v) is 2.56. The summed E-state index contributed by atoms with van der Waals surface area (Å²) in [5, 5.41) is 2.58. The molecule has 0 unspecified atom stereocenters. The van der Waals surface area contributed by atoms with Gasteiger partial charge < -0.3 is 14.5 Å². The molecule has 1 aromatic heterocycles. The van der Waals surface area contributed by atoms with E-state index in [0.29, 0.717) is 12.2 Å². The van der Waals surface area contributed by atoms with E-state index in [1.807, 2.05) is 30.3 Å². The normalized spacial score (nSPS) is 19.5. The number of rotatable bonds is 6. The molecular formula is C18H19N3O5. The minimum atomic E-state index is -0.982. The number of nitrogens with one attached hydrogen (secondary N) is 1. The van der Waals surface area contributed by atoms with E-state index in [4.69, 9.17) is 9.15 Å². The molecule has 0 aliphatic carbocycles. The summed E-state index contributed by atoms with van der Waals surface area (Å²) in [5.74, 6) is -0.366. The summed E-state index contributed by atoms with van der Waals surface area (Å²) >= 11 is 0. The van der Waals surface area contributed by atoms with Crippen LogP contribution in [0.2, 0.25) is 0 Å². The van der Waals surface area contributed by atoms with Gasteiger partial charge >= 0.3 is 12.0 Å². The quantitative estimate of drug-likeness (QED) is 0.627. The summed E-state index contributed by atoms with van der Waals surface area (Å²) in [6, 6.07) is 8.79. The number of oxazole rings is 1. The minimum absolute atomic E-state index is 0.180. The van der Waals surface area contributed by atoms with Crippen molar-refractivity contribution in [3.63, 3.8) is 0 Å². The van der Waals surface area contributed by atoms with Crippen LogP contribution in [-0.4, -0.2) is 39.9 Å². The van der Waals surface area contributed by atoms with Gasteiger partial charge in [-0.1, -0.05) is 37.3 Å². The Bertz CT molecular complexity index is 832. The van der Waals surface area contributed by atoms with Gasteiger partial charge in [-0.3, -0.25) is 14.5 Å². The van der Waals surface area contributed by atoms with Crippen LogP contribution >= 0.6 is 0 Å². The number of imide groups is 1. The van der Waals surface area contributed by atoms with Crippen LogP contribution in [-0.2, 0) is 20.9 Å². The van der Waals surface area contributed by atoms with E-state index in [0.717, 1.165) is 10.5 Å². The average Bonchev–Trinajstić information content (AvgIpc) is 3.20. The van der Waals surface area contributed by atoms with E-state index in [-0.39, 0.29) is 12.5 Å². The van der Waals surface area contributed by atoms with Crippen LogP contribution in [0.3, 0.4) is 0 Å². The molecule has 1 saturated heterocycles. The second kappa shape index (κ2) is 6.99. The number of hydrogen-bond donors (Lipinski definition) is 1. The Morgan fingerprint density at radius 3 is 2.69 bits per heavy atom. The fraction of sp³-hybridized carbons (Fsp3) is 0.333. The van der Waals surface area contributed by atoms with Crippen molar-refractivity contribution in [2.75, 3.05) is 6.54 Å². The maximum absolute atomic E-state index is 12.2. The molecule has 1 atom stereocenters. The monoisotopic (exact) mass is 357 g/mol. The zero-order valence-electron chi connectivity index (χ0n) is 14.5. The summed E-state index contributed by atoms with van der Waals surface area (Å²) in [7, 11) is 0. The van der Waals surface area contributed by atoms with Crippen molar-refractivity contribution in [3.8, 4) is 11.3 Å². The SMILES string of the molecule is CC[C@@]1(C)NC(=O)N(CC(=O)OCc2ncc(-c3ccccc3)o2)C1=O. The lowest BCUT2D eigenvalue weighted by molar-refractivity contribution is -0.149. The van der Waals surface area contributed by atoms with Gasteiger partial charge in [0, 0.05) is 5.56 Å². The Hall–Kier alpha value is -3.16. The number of carbonyl (C=O) groups is 3. The molecule has 0 radical (unpaired) electrons. The van der Waals surface area contributed by atoms with Gasteiger partial charge in [-0.25, -0.2) is 9.78 Å². The van der Waals surface area contributed by atoms with E-state index in [2.05, 4.69) is 10.3 Å². The second-order valence-corrected chi connectivity index (χ2v) is 6.15. The first-order chi connectivity index (χ1) is 12.4. The molecule has 8 heteroatoms. The summed E-state index contributed by atoms with van der Waals surface area (Å²) < 4.78 is 10.6. The molecular weight excluding hydrogens is 338 g/mol. The third-order valence-electron chi connectivity index (χ3n) is 4.31. The van der Waals surface area contributed by atoms with Gasteiger partial charge in [-0.2, -0.15) is 0 Å². The highest BCUT2D eigenvalue weighted by Gasteiger charge is 2.47. The van der Waals surface area contributed by atoms with Crippen LogP contribution in [0.25, 0.3) is 11.3 Å². The van der Waals surface area contributed by atoms with Crippen molar-refractivity contribution in [1.29, 1.82) is 0 Å². The molecule has 2 aromatic rings. The average molecular weight is 357 g/mol. The van der Waals surface area contributed by atoms with Crippen LogP contribution in [0.5, 0.6) is 0 Å². The molecule has 1 aliphatic rings.